The fourth-order valence-corrected chi connectivity index (χ4v) is 6.38. The van der Waals surface area contributed by atoms with Gasteiger partial charge < -0.3 is 29.0 Å². The van der Waals surface area contributed by atoms with Crippen LogP contribution >= 0.6 is 46.6 Å². The van der Waals surface area contributed by atoms with Gasteiger partial charge in [0.15, 0.2) is 0 Å². The first-order valence-electron chi connectivity index (χ1n) is 12.7. The molecule has 1 N–H and O–H groups in total. The highest BCUT2D eigenvalue weighted by atomic mass is 35.5. The van der Waals surface area contributed by atoms with E-state index >= 15 is 0 Å². The number of methoxy groups -OCH3 is 3. The molecule has 0 aliphatic carbocycles. The summed E-state index contributed by atoms with van der Waals surface area (Å²) in [5.74, 6) is -0.0597. The van der Waals surface area contributed by atoms with E-state index in [-0.39, 0.29) is 38.7 Å². The Bertz CT molecular complexity index is 1600. The molecule has 1 aliphatic heterocycles. The van der Waals surface area contributed by atoms with Crippen molar-refractivity contribution >= 4 is 64.6 Å². The summed E-state index contributed by atoms with van der Waals surface area (Å²) in [5, 5.41) is -3.72. The highest BCUT2D eigenvalue weighted by molar-refractivity contribution is 7.99. The van der Waals surface area contributed by atoms with Gasteiger partial charge in [-0.1, -0.05) is 35.0 Å². The molecular formula is C28H26Cl3F2N3O6S. The summed E-state index contributed by atoms with van der Waals surface area (Å²) in [5.41, 5.74) is -0.429. The summed E-state index contributed by atoms with van der Waals surface area (Å²) in [6.07, 6.45) is 1.27. The molecule has 2 aromatic carbocycles. The molecule has 2 heterocycles. The number of nitrogens with zero attached hydrogens (tertiary/aromatic N) is 2. The summed E-state index contributed by atoms with van der Waals surface area (Å²) in [6, 6.07) is 7.39. The highest BCUT2D eigenvalue weighted by Crippen LogP contribution is 2.45. The summed E-state index contributed by atoms with van der Waals surface area (Å²) >= 11 is 18.8. The molecule has 43 heavy (non-hydrogen) atoms. The number of carbonyl (C=O) groups excluding carboxylic acids is 2. The van der Waals surface area contributed by atoms with Gasteiger partial charge in [0.1, 0.15) is 22.8 Å². The first-order chi connectivity index (χ1) is 20.4. The summed E-state index contributed by atoms with van der Waals surface area (Å²) in [6.45, 7) is 0.994. The Hall–Kier alpha value is -3.03. The molecule has 0 bridgehead atoms. The molecule has 0 unspecified atom stereocenters. The Morgan fingerprint density at radius 1 is 1.12 bits per heavy atom. The number of fused-ring (bicyclic) bond motifs is 1. The maximum atomic E-state index is 14.1. The number of hydrogen-bond acceptors (Lipinski definition) is 7. The largest absolute Gasteiger partial charge is 0.495 e. The van der Waals surface area contributed by atoms with Crippen molar-refractivity contribution in [3.05, 3.63) is 73.1 Å². The van der Waals surface area contributed by atoms with E-state index in [1.54, 1.807) is 19.2 Å². The molecule has 9 nitrogen and oxygen atoms in total. The number of benzene rings is 2. The number of ether oxygens (including phenoxy) is 3. The van der Waals surface area contributed by atoms with Crippen LogP contribution in [0.1, 0.15) is 33.6 Å². The van der Waals surface area contributed by atoms with Crippen molar-refractivity contribution in [3.63, 3.8) is 0 Å². The third-order valence-corrected chi connectivity index (χ3v) is 8.94. The zero-order chi connectivity index (χ0) is 31.5. The third kappa shape index (κ3) is 7.04. The molecule has 3 aromatic rings. The Kier molecular flexibility index (Phi) is 10.5. The second-order valence-electron chi connectivity index (χ2n) is 9.34. The number of hydrogen-bond donors (Lipinski definition) is 1. The lowest BCUT2D eigenvalue weighted by Crippen LogP contribution is -2.32. The molecular weight excluding hydrogens is 651 g/mol. The van der Waals surface area contributed by atoms with Gasteiger partial charge >= 0.3 is 5.38 Å². The smallest absolute Gasteiger partial charge is 0.362 e. The molecule has 1 aromatic heterocycles. The van der Waals surface area contributed by atoms with Crippen LogP contribution in [0, 0.1) is 0 Å². The van der Waals surface area contributed by atoms with Crippen LogP contribution in [0.2, 0.25) is 10.0 Å². The normalized spacial score (nSPS) is 12.7. The van der Waals surface area contributed by atoms with Crippen LogP contribution in [0.3, 0.4) is 0 Å². The van der Waals surface area contributed by atoms with Gasteiger partial charge in [-0.2, -0.15) is 8.78 Å². The fourth-order valence-electron chi connectivity index (χ4n) is 4.56. The number of aromatic amines is 1. The Labute approximate surface area is 264 Å². The lowest BCUT2D eigenvalue weighted by atomic mass is 10.1. The predicted molar refractivity (Wildman–Crippen MR) is 160 cm³/mol. The van der Waals surface area contributed by atoms with E-state index in [1.807, 2.05) is 4.98 Å². The van der Waals surface area contributed by atoms with E-state index in [2.05, 4.69) is 0 Å². The first-order valence-corrected chi connectivity index (χ1v) is 14.6. The Morgan fingerprint density at radius 3 is 2.40 bits per heavy atom. The van der Waals surface area contributed by atoms with Gasteiger partial charge in [0.05, 0.1) is 34.8 Å². The third-order valence-electron chi connectivity index (χ3n) is 6.66. The van der Waals surface area contributed by atoms with Crippen molar-refractivity contribution in [2.75, 3.05) is 39.4 Å². The molecule has 0 saturated heterocycles. The van der Waals surface area contributed by atoms with E-state index in [4.69, 9.17) is 49.0 Å². The van der Waals surface area contributed by atoms with Gasteiger partial charge in [-0.05, 0) is 59.5 Å². The van der Waals surface area contributed by atoms with Crippen molar-refractivity contribution < 1.29 is 32.6 Å². The molecule has 230 valence electrons. The van der Waals surface area contributed by atoms with Crippen LogP contribution in [0.5, 0.6) is 11.5 Å². The number of alkyl halides is 3. The average molecular weight is 677 g/mol. The van der Waals surface area contributed by atoms with E-state index < -0.39 is 28.1 Å². The monoisotopic (exact) mass is 675 g/mol. The molecule has 2 amide bonds. The molecule has 1 aliphatic rings. The van der Waals surface area contributed by atoms with Crippen LogP contribution in [-0.2, 0) is 28.0 Å². The number of nitrogens with one attached hydrogen (secondary N) is 1. The fraction of sp³-hybridized carbons (Fsp3) is 0.321. The number of carbonyl (C=O) groups is 2. The predicted octanol–water partition coefficient (Wildman–Crippen LogP) is 6.29. The zero-order valence-corrected chi connectivity index (χ0v) is 26.2. The molecule has 0 radical (unpaired) electrons. The van der Waals surface area contributed by atoms with Crippen LogP contribution in [-0.4, -0.2) is 56.7 Å². The van der Waals surface area contributed by atoms with Crippen molar-refractivity contribution in [2.45, 2.75) is 34.7 Å². The molecule has 0 spiro atoms. The number of aromatic nitrogens is 1. The van der Waals surface area contributed by atoms with Crippen LogP contribution < -0.4 is 19.9 Å². The Morgan fingerprint density at radius 2 is 1.79 bits per heavy atom. The van der Waals surface area contributed by atoms with E-state index in [1.165, 1.54) is 36.2 Å². The second-order valence-corrected chi connectivity index (χ2v) is 11.7. The molecule has 0 atom stereocenters. The standard InChI is InChI=1S/C28H26Cl3F2N3O6S/c1-40-8-4-7-35(14-37)18-9-15-12-36(13-16(15)10-20(18)42-3)27(39)23-21(11-22(28(31,32)33)34-26(23)38)43-25-17(29)5-6-19(41-2)24(25)30/h5-6,9-11,14H,4,7-8,12-13H2,1-3H3,(H,34,38). The highest BCUT2D eigenvalue weighted by Gasteiger charge is 2.35. The van der Waals surface area contributed by atoms with Gasteiger partial charge in [0.25, 0.3) is 11.5 Å². The molecule has 15 heteroatoms. The van der Waals surface area contributed by atoms with Crippen molar-refractivity contribution in [2.24, 2.45) is 0 Å². The van der Waals surface area contributed by atoms with Gasteiger partial charge in [0, 0.05) is 38.2 Å². The summed E-state index contributed by atoms with van der Waals surface area (Å²) in [4.78, 5) is 43.9. The number of H-pyrrole nitrogens is 1. The quantitative estimate of drug-likeness (QED) is 0.137. The number of halogens is 5. The van der Waals surface area contributed by atoms with Gasteiger partial charge in [0.2, 0.25) is 6.41 Å². The second kappa shape index (κ2) is 13.7. The SMILES string of the molecule is COCCCN(C=O)c1cc2c(cc1OC)CN(C(=O)c1c(Sc3c(Cl)ccc(OC)c3Cl)cc(C(F)(F)Cl)[nH]c1=O)C2. The molecule has 4 rings (SSSR count). The van der Waals surface area contributed by atoms with Crippen molar-refractivity contribution in [3.8, 4) is 11.5 Å². The van der Waals surface area contributed by atoms with Crippen molar-refractivity contribution in [1.82, 2.24) is 9.88 Å². The number of rotatable bonds is 12. The topological polar surface area (TPSA) is 101 Å². The van der Waals surface area contributed by atoms with Crippen LogP contribution in [0.4, 0.5) is 14.5 Å². The number of anilines is 1. The van der Waals surface area contributed by atoms with E-state index in [9.17, 15) is 23.2 Å². The lowest BCUT2D eigenvalue weighted by Gasteiger charge is -2.21. The van der Waals surface area contributed by atoms with E-state index in [0.29, 0.717) is 37.4 Å². The summed E-state index contributed by atoms with van der Waals surface area (Å²) in [7, 11) is 4.42. The van der Waals surface area contributed by atoms with Gasteiger partial charge in [-0.15, -0.1) is 0 Å². The minimum atomic E-state index is -3.93. The lowest BCUT2D eigenvalue weighted by molar-refractivity contribution is -0.107. The molecule has 0 fully saturated rings. The first kappa shape index (κ1) is 32.9. The Balaban J connectivity index is 1.73. The summed E-state index contributed by atoms with van der Waals surface area (Å²) < 4.78 is 44.1. The minimum absolute atomic E-state index is 0.0660. The number of amides is 2. The average Bonchev–Trinajstić information content (AvgIpc) is 3.39. The zero-order valence-electron chi connectivity index (χ0n) is 23.1. The molecule has 0 saturated carbocycles. The maximum absolute atomic E-state index is 14.1. The van der Waals surface area contributed by atoms with E-state index in [0.717, 1.165) is 29.0 Å². The minimum Gasteiger partial charge on any atom is -0.495 e. The van der Waals surface area contributed by atoms with Crippen LogP contribution in [0.25, 0.3) is 0 Å². The van der Waals surface area contributed by atoms with Crippen molar-refractivity contribution in [1.29, 1.82) is 0 Å². The number of pyridine rings is 1. The maximum Gasteiger partial charge on any atom is 0.362 e. The van der Waals surface area contributed by atoms with Gasteiger partial charge in [-0.3, -0.25) is 14.4 Å². The van der Waals surface area contributed by atoms with Gasteiger partial charge in [-0.25, -0.2) is 0 Å². The van der Waals surface area contributed by atoms with Crippen LogP contribution in [0.15, 0.2) is 44.9 Å².